The van der Waals surface area contributed by atoms with Crippen LogP contribution >= 0.6 is 0 Å². The van der Waals surface area contributed by atoms with Gasteiger partial charge in [0, 0.05) is 53.5 Å². The van der Waals surface area contributed by atoms with Crippen LogP contribution in [0.5, 0.6) is 0 Å². The molecule has 1 aliphatic heterocycles. The number of hydrogen-bond donors (Lipinski definition) is 1. The van der Waals surface area contributed by atoms with Gasteiger partial charge in [0.25, 0.3) is 0 Å². The highest BCUT2D eigenvalue weighted by atomic mass is 16.2. The molecule has 0 saturated carbocycles. The molecule has 0 bridgehead atoms. The highest BCUT2D eigenvalue weighted by Gasteiger charge is 2.57. The van der Waals surface area contributed by atoms with E-state index in [2.05, 4.69) is 4.98 Å². The molecule has 6 rings (SSSR count). The number of pyridine rings is 1. The summed E-state index contributed by atoms with van der Waals surface area (Å²) < 4.78 is 1.84. The Labute approximate surface area is 181 Å². The van der Waals surface area contributed by atoms with Crippen molar-refractivity contribution < 1.29 is 19.2 Å². The van der Waals surface area contributed by atoms with Crippen molar-refractivity contribution >= 4 is 39.9 Å². The van der Waals surface area contributed by atoms with Crippen molar-refractivity contribution in [2.45, 2.75) is 12.8 Å². The number of aromatic amines is 1. The number of fused-ring (bicyclic) bond motifs is 8. The number of aromatic nitrogens is 2. The summed E-state index contributed by atoms with van der Waals surface area (Å²) in [4.78, 5) is 69.5. The number of carbonyl (C=O) groups excluding carboxylic acids is 4. The van der Waals surface area contributed by atoms with Crippen LogP contribution in [0.25, 0.3) is 16.5 Å². The van der Waals surface area contributed by atoms with Gasteiger partial charge in [0.1, 0.15) is 5.69 Å². The molecular formula is C24H17N3O5. The molecule has 3 heterocycles. The van der Waals surface area contributed by atoms with E-state index in [4.69, 9.17) is 0 Å². The van der Waals surface area contributed by atoms with Crippen LogP contribution in [0.15, 0.2) is 40.7 Å². The highest BCUT2D eigenvalue weighted by Crippen LogP contribution is 2.53. The molecule has 8 nitrogen and oxygen atoms in total. The lowest BCUT2D eigenvalue weighted by molar-refractivity contribution is -0.137. The minimum atomic E-state index is -1.10. The topological polar surface area (TPSA) is 109 Å². The van der Waals surface area contributed by atoms with Crippen molar-refractivity contribution in [3.8, 4) is 0 Å². The molecule has 3 aliphatic rings. The predicted octanol–water partition coefficient (Wildman–Crippen LogP) is 1.72. The number of H-pyrrole nitrogens is 1. The van der Waals surface area contributed by atoms with Crippen molar-refractivity contribution in [1.82, 2.24) is 14.5 Å². The maximum absolute atomic E-state index is 13.9. The summed E-state index contributed by atoms with van der Waals surface area (Å²) in [5.74, 6) is -3.96. The molecule has 32 heavy (non-hydrogen) atoms. The molecule has 2 amide bonds. The number of para-hydroxylation sites is 1. The van der Waals surface area contributed by atoms with Gasteiger partial charge < -0.3 is 9.55 Å². The first-order valence-corrected chi connectivity index (χ1v) is 10.2. The number of amides is 2. The fourth-order valence-corrected chi connectivity index (χ4v) is 5.61. The Bertz CT molecular complexity index is 1570. The smallest absolute Gasteiger partial charge is 0.248 e. The number of nitrogens with one attached hydrogen (secondary N) is 1. The van der Waals surface area contributed by atoms with Gasteiger partial charge in [-0.2, -0.15) is 0 Å². The number of Topliss-reactive ketones (excluding diaryl/α,β-unsaturated/α-hetero) is 2. The first-order chi connectivity index (χ1) is 15.2. The van der Waals surface area contributed by atoms with Crippen LogP contribution in [0, 0.1) is 12.8 Å². The molecule has 2 aliphatic carbocycles. The summed E-state index contributed by atoms with van der Waals surface area (Å²) in [6, 6.07) is 8.68. The van der Waals surface area contributed by atoms with Crippen molar-refractivity contribution in [3.63, 3.8) is 0 Å². The third-order valence-electron chi connectivity index (χ3n) is 6.97. The van der Waals surface area contributed by atoms with Crippen LogP contribution in [0.4, 0.5) is 0 Å². The molecule has 8 heteroatoms. The number of rotatable bonds is 0. The molecular weight excluding hydrogens is 410 g/mol. The molecule has 158 valence electrons. The predicted molar refractivity (Wildman–Crippen MR) is 114 cm³/mol. The van der Waals surface area contributed by atoms with E-state index in [0.717, 1.165) is 15.8 Å². The number of imide groups is 1. The van der Waals surface area contributed by atoms with E-state index in [9.17, 15) is 24.0 Å². The molecule has 3 aromatic rings. The first-order valence-electron chi connectivity index (χ1n) is 10.2. The summed E-state index contributed by atoms with van der Waals surface area (Å²) >= 11 is 0. The van der Waals surface area contributed by atoms with E-state index in [1.165, 1.54) is 13.1 Å². The Balaban J connectivity index is 1.81. The number of likely N-dealkylation sites (tertiary alicyclic amines) is 1. The lowest BCUT2D eigenvalue weighted by Crippen LogP contribution is -2.36. The zero-order chi connectivity index (χ0) is 22.6. The van der Waals surface area contributed by atoms with Crippen molar-refractivity contribution in [3.05, 3.63) is 74.3 Å². The van der Waals surface area contributed by atoms with E-state index in [1.807, 2.05) is 28.8 Å². The van der Waals surface area contributed by atoms with Crippen LogP contribution in [0.1, 0.15) is 43.6 Å². The average molecular weight is 427 g/mol. The molecule has 1 fully saturated rings. The van der Waals surface area contributed by atoms with E-state index in [0.29, 0.717) is 16.8 Å². The first kappa shape index (κ1) is 18.7. The molecule has 0 radical (unpaired) electrons. The number of carbonyl (C=O) groups is 4. The summed E-state index contributed by atoms with van der Waals surface area (Å²) in [6.45, 7) is 1.61. The molecule has 2 atom stereocenters. The largest absolute Gasteiger partial charge is 0.346 e. The van der Waals surface area contributed by atoms with Crippen molar-refractivity contribution in [2.75, 3.05) is 7.05 Å². The van der Waals surface area contributed by atoms with Gasteiger partial charge in [-0.3, -0.25) is 28.9 Å². The molecule has 1 saturated heterocycles. The summed E-state index contributed by atoms with van der Waals surface area (Å²) in [6.07, 6.45) is 0. The van der Waals surface area contributed by atoms with Crippen LogP contribution in [-0.4, -0.2) is 44.9 Å². The third-order valence-corrected chi connectivity index (χ3v) is 6.97. The second-order valence-corrected chi connectivity index (χ2v) is 8.54. The monoisotopic (exact) mass is 427 g/mol. The van der Waals surface area contributed by atoms with E-state index < -0.39 is 40.8 Å². The van der Waals surface area contributed by atoms with Crippen molar-refractivity contribution in [1.29, 1.82) is 0 Å². The minimum absolute atomic E-state index is 0.000281. The van der Waals surface area contributed by atoms with E-state index in [1.54, 1.807) is 14.0 Å². The lowest BCUT2D eigenvalue weighted by Gasteiger charge is -2.31. The standard InChI is InChI=1S/C24H17N3O5/c1-9-8-12(28)25-19-13(9)21(29)15-14-10-6-4-5-7-11(10)26(2)20(14)18-17(16(15)22(19)30)23(31)27(3)24(18)32/h4-8,17-18H,1-3H3,(H,25,28)/t17-,18-/m0/s1. The van der Waals surface area contributed by atoms with Crippen LogP contribution in [0.3, 0.4) is 0 Å². The van der Waals surface area contributed by atoms with Gasteiger partial charge in [0.15, 0.2) is 5.78 Å². The van der Waals surface area contributed by atoms with Gasteiger partial charge in [-0.25, -0.2) is 0 Å². The fraction of sp³-hybridized carbons (Fsp3) is 0.208. The Morgan fingerprint density at radius 2 is 1.56 bits per heavy atom. The number of benzene rings is 1. The third kappa shape index (κ3) is 1.95. The van der Waals surface area contributed by atoms with Gasteiger partial charge in [0.2, 0.25) is 23.2 Å². The van der Waals surface area contributed by atoms with Gasteiger partial charge in [-0.1, -0.05) is 18.2 Å². The van der Waals surface area contributed by atoms with Gasteiger partial charge in [-0.05, 0) is 18.6 Å². The zero-order valence-electron chi connectivity index (χ0n) is 17.5. The molecule has 0 unspecified atom stereocenters. The fourth-order valence-electron chi connectivity index (χ4n) is 5.61. The normalized spacial score (nSPS) is 21.8. The number of likely N-dealkylation sites (N-methyl/N-ethyl adjacent to an activating group) is 1. The number of aryl methyl sites for hydroxylation is 2. The Hall–Kier alpha value is -4.07. The number of hydrogen-bond acceptors (Lipinski definition) is 5. The number of ketones is 2. The van der Waals surface area contributed by atoms with Crippen LogP contribution in [0.2, 0.25) is 0 Å². The average Bonchev–Trinajstić information content (AvgIpc) is 3.18. The summed E-state index contributed by atoms with van der Waals surface area (Å²) in [7, 11) is 3.19. The second kappa shape index (κ2) is 5.79. The molecule has 1 N–H and O–H groups in total. The molecule has 0 spiro atoms. The quantitative estimate of drug-likeness (QED) is 0.550. The maximum atomic E-state index is 13.9. The zero-order valence-corrected chi connectivity index (χ0v) is 17.5. The molecule has 1 aromatic carbocycles. The highest BCUT2D eigenvalue weighted by molar-refractivity contribution is 6.44. The van der Waals surface area contributed by atoms with Crippen LogP contribution < -0.4 is 5.56 Å². The SMILES string of the molecule is Cc1cc(=O)[nH]c2c1C(=O)C1=C(C2=O)[C@@H]2C(=O)N(C)C(=O)[C@@H]2c2c1c1ccccc1n2C. The summed E-state index contributed by atoms with van der Waals surface area (Å²) in [5.41, 5.74) is 1.94. The van der Waals surface area contributed by atoms with E-state index in [-0.39, 0.29) is 22.4 Å². The van der Waals surface area contributed by atoms with E-state index >= 15 is 0 Å². The number of nitrogens with zero attached hydrogens (tertiary/aromatic N) is 2. The Morgan fingerprint density at radius 1 is 0.875 bits per heavy atom. The Morgan fingerprint density at radius 3 is 2.31 bits per heavy atom. The van der Waals surface area contributed by atoms with Gasteiger partial charge in [0.05, 0.1) is 17.4 Å². The second-order valence-electron chi connectivity index (χ2n) is 8.54. The maximum Gasteiger partial charge on any atom is 0.248 e. The minimum Gasteiger partial charge on any atom is -0.346 e. The summed E-state index contributed by atoms with van der Waals surface area (Å²) in [5, 5.41) is 0.734. The van der Waals surface area contributed by atoms with Gasteiger partial charge >= 0.3 is 0 Å². The number of allylic oxidation sites excluding steroid dienone is 1. The van der Waals surface area contributed by atoms with Gasteiger partial charge in [-0.15, -0.1) is 0 Å². The molecule has 2 aromatic heterocycles. The lowest BCUT2D eigenvalue weighted by atomic mass is 9.68. The van der Waals surface area contributed by atoms with Crippen LogP contribution in [-0.2, 0) is 16.6 Å². The Kier molecular flexibility index (Phi) is 3.38. The van der Waals surface area contributed by atoms with Crippen molar-refractivity contribution in [2.24, 2.45) is 13.0 Å².